The molecule has 0 saturated carbocycles. The van der Waals surface area contributed by atoms with Crippen LogP contribution in [0.15, 0.2) is 24.3 Å². The number of aromatic nitrogens is 2. The summed E-state index contributed by atoms with van der Waals surface area (Å²) in [5.41, 5.74) is 2.83. The van der Waals surface area contributed by atoms with E-state index in [2.05, 4.69) is 10.4 Å². The molecular weight excluding hydrogens is 352 g/mol. The van der Waals surface area contributed by atoms with Crippen molar-refractivity contribution < 1.29 is 14.3 Å². The molecular formula is C18H20N4O3S. The summed E-state index contributed by atoms with van der Waals surface area (Å²) in [6.07, 6.45) is 0.193. The van der Waals surface area contributed by atoms with Gasteiger partial charge >= 0.3 is 0 Å². The Labute approximate surface area is 155 Å². The monoisotopic (exact) mass is 372 g/mol. The lowest BCUT2D eigenvalue weighted by Gasteiger charge is -2.19. The Kier molecular flexibility index (Phi) is 4.36. The van der Waals surface area contributed by atoms with Crippen LogP contribution in [0.4, 0.5) is 11.5 Å². The highest BCUT2D eigenvalue weighted by atomic mass is 32.2. The number of fused-ring (bicyclic) bond motifs is 1. The summed E-state index contributed by atoms with van der Waals surface area (Å²) >= 11 is 1.79. The van der Waals surface area contributed by atoms with E-state index in [1.165, 1.54) is 0 Å². The van der Waals surface area contributed by atoms with E-state index in [0.717, 1.165) is 28.6 Å². The van der Waals surface area contributed by atoms with Crippen LogP contribution in [0.2, 0.25) is 0 Å². The van der Waals surface area contributed by atoms with Crippen LogP contribution in [-0.2, 0) is 28.1 Å². The summed E-state index contributed by atoms with van der Waals surface area (Å²) in [6, 6.07) is 7.36. The first-order valence-corrected chi connectivity index (χ1v) is 9.60. The van der Waals surface area contributed by atoms with Crippen molar-refractivity contribution in [1.82, 2.24) is 9.78 Å². The lowest BCUT2D eigenvalue weighted by atomic mass is 10.1. The van der Waals surface area contributed by atoms with Crippen molar-refractivity contribution in [1.29, 1.82) is 0 Å². The van der Waals surface area contributed by atoms with Crippen LogP contribution in [-0.4, -0.2) is 35.2 Å². The van der Waals surface area contributed by atoms with Gasteiger partial charge in [-0.05, 0) is 12.1 Å². The van der Waals surface area contributed by atoms with Gasteiger partial charge in [0.05, 0.1) is 24.4 Å². The number of rotatable bonds is 4. The zero-order chi connectivity index (χ0) is 18.3. The minimum Gasteiger partial charge on any atom is -0.495 e. The molecule has 2 aliphatic heterocycles. The Morgan fingerprint density at radius 2 is 2.15 bits per heavy atom. The number of hydrogen-bond donors (Lipinski definition) is 1. The molecule has 0 unspecified atom stereocenters. The molecule has 8 heteroatoms. The van der Waals surface area contributed by atoms with E-state index in [4.69, 9.17) is 4.74 Å². The molecule has 1 atom stereocenters. The van der Waals surface area contributed by atoms with Gasteiger partial charge in [-0.25, -0.2) is 0 Å². The zero-order valence-electron chi connectivity index (χ0n) is 14.7. The normalized spacial score (nSPS) is 18.9. The molecule has 2 amide bonds. The van der Waals surface area contributed by atoms with E-state index in [1.54, 1.807) is 28.5 Å². The average molecular weight is 372 g/mol. The standard InChI is InChI=1S/C18H20N4O3S/c1-21-17(12-9-26-10-13(12)20-21)19-18(24)11-7-16(23)22(8-11)14-5-3-4-6-15(14)25-2/h3-6,11H,7-10H2,1-2H3,(H,19,24)/t11-/m1/s1. The Hall–Kier alpha value is -2.48. The molecule has 1 aromatic heterocycles. The third-order valence-electron chi connectivity index (χ3n) is 4.83. The molecule has 1 saturated heterocycles. The van der Waals surface area contributed by atoms with E-state index in [0.29, 0.717) is 18.0 Å². The highest BCUT2D eigenvalue weighted by molar-refractivity contribution is 7.98. The number of ether oxygens (including phenoxy) is 1. The number of para-hydroxylation sites is 2. The van der Waals surface area contributed by atoms with Crippen LogP contribution in [0, 0.1) is 5.92 Å². The largest absolute Gasteiger partial charge is 0.495 e. The highest BCUT2D eigenvalue weighted by Crippen LogP contribution is 2.36. The van der Waals surface area contributed by atoms with Crippen LogP contribution in [0.3, 0.4) is 0 Å². The maximum absolute atomic E-state index is 12.8. The van der Waals surface area contributed by atoms with Crippen molar-refractivity contribution in [3.05, 3.63) is 35.5 Å². The van der Waals surface area contributed by atoms with Gasteiger partial charge in [0.15, 0.2) is 0 Å². The summed E-state index contributed by atoms with van der Waals surface area (Å²) in [6.45, 7) is 0.347. The number of carbonyl (C=O) groups excluding carboxylic acids is 2. The molecule has 2 aromatic rings. The van der Waals surface area contributed by atoms with Crippen LogP contribution in [0.5, 0.6) is 5.75 Å². The molecule has 0 aliphatic carbocycles. The molecule has 26 heavy (non-hydrogen) atoms. The van der Waals surface area contributed by atoms with E-state index in [1.807, 2.05) is 31.3 Å². The zero-order valence-corrected chi connectivity index (χ0v) is 15.5. The van der Waals surface area contributed by atoms with Gasteiger partial charge in [-0.15, -0.1) is 0 Å². The van der Waals surface area contributed by atoms with E-state index in [-0.39, 0.29) is 18.2 Å². The molecule has 0 radical (unpaired) electrons. The fourth-order valence-electron chi connectivity index (χ4n) is 3.48. The smallest absolute Gasteiger partial charge is 0.230 e. The SMILES string of the molecule is COc1ccccc1N1C[C@H](C(=O)Nc2c3c(nn2C)CSC3)CC1=O. The second-order valence-electron chi connectivity index (χ2n) is 6.46. The molecule has 136 valence electrons. The second-order valence-corrected chi connectivity index (χ2v) is 7.44. The number of hydrogen-bond acceptors (Lipinski definition) is 5. The first-order valence-electron chi connectivity index (χ1n) is 8.45. The fourth-order valence-corrected chi connectivity index (χ4v) is 4.52. The summed E-state index contributed by atoms with van der Waals surface area (Å²) in [4.78, 5) is 26.9. The van der Waals surface area contributed by atoms with E-state index < -0.39 is 5.92 Å². The number of nitrogens with zero attached hydrogens (tertiary/aromatic N) is 3. The second kappa shape index (κ2) is 6.68. The van der Waals surface area contributed by atoms with E-state index >= 15 is 0 Å². The van der Waals surface area contributed by atoms with Gasteiger partial charge in [0.2, 0.25) is 11.8 Å². The van der Waals surface area contributed by atoms with Crippen molar-refractivity contribution in [2.24, 2.45) is 13.0 Å². The molecule has 0 spiro atoms. The van der Waals surface area contributed by atoms with Crippen molar-refractivity contribution in [2.75, 3.05) is 23.9 Å². The molecule has 1 N–H and O–H groups in total. The topological polar surface area (TPSA) is 76.5 Å². The first kappa shape index (κ1) is 17.0. The summed E-state index contributed by atoms with van der Waals surface area (Å²) in [5.74, 6) is 2.51. The lowest BCUT2D eigenvalue weighted by Crippen LogP contribution is -2.29. The summed E-state index contributed by atoms with van der Waals surface area (Å²) in [7, 11) is 3.41. The molecule has 7 nitrogen and oxygen atoms in total. The maximum Gasteiger partial charge on any atom is 0.230 e. The Morgan fingerprint density at radius 3 is 2.96 bits per heavy atom. The van der Waals surface area contributed by atoms with Gasteiger partial charge in [-0.1, -0.05) is 12.1 Å². The third kappa shape index (κ3) is 2.84. The predicted molar refractivity (Wildman–Crippen MR) is 100 cm³/mol. The average Bonchev–Trinajstić information content (AvgIpc) is 3.32. The Morgan fingerprint density at radius 1 is 1.35 bits per heavy atom. The van der Waals surface area contributed by atoms with Crippen molar-refractivity contribution in [3.8, 4) is 5.75 Å². The van der Waals surface area contributed by atoms with Crippen LogP contribution < -0.4 is 15.0 Å². The summed E-state index contributed by atoms with van der Waals surface area (Å²) < 4.78 is 7.06. The van der Waals surface area contributed by atoms with Crippen molar-refractivity contribution in [2.45, 2.75) is 17.9 Å². The molecule has 4 rings (SSSR count). The number of thioether (sulfide) groups is 1. The minimum atomic E-state index is -0.396. The van der Waals surface area contributed by atoms with Gasteiger partial charge in [-0.2, -0.15) is 16.9 Å². The molecule has 1 aromatic carbocycles. The van der Waals surface area contributed by atoms with Crippen molar-refractivity contribution in [3.63, 3.8) is 0 Å². The molecule has 3 heterocycles. The van der Waals surface area contributed by atoms with Gasteiger partial charge in [0.25, 0.3) is 0 Å². The lowest BCUT2D eigenvalue weighted by molar-refractivity contribution is -0.122. The first-order chi connectivity index (χ1) is 12.6. The number of benzene rings is 1. The molecule has 0 bridgehead atoms. The van der Waals surface area contributed by atoms with Gasteiger partial charge < -0.3 is 15.0 Å². The van der Waals surface area contributed by atoms with Crippen LogP contribution in [0.25, 0.3) is 0 Å². The number of carbonyl (C=O) groups is 2. The fraction of sp³-hybridized carbons (Fsp3) is 0.389. The number of aryl methyl sites for hydroxylation is 1. The predicted octanol–water partition coefficient (Wildman–Crippen LogP) is 2.17. The van der Waals surface area contributed by atoms with Crippen LogP contribution in [0.1, 0.15) is 17.7 Å². The summed E-state index contributed by atoms with van der Waals surface area (Å²) in [5, 5.41) is 7.45. The Bertz CT molecular complexity index is 879. The maximum atomic E-state index is 12.8. The molecule has 2 aliphatic rings. The minimum absolute atomic E-state index is 0.0690. The highest BCUT2D eigenvalue weighted by Gasteiger charge is 2.37. The number of nitrogens with one attached hydrogen (secondary N) is 1. The van der Waals surface area contributed by atoms with Gasteiger partial charge in [0.1, 0.15) is 11.6 Å². The van der Waals surface area contributed by atoms with E-state index in [9.17, 15) is 9.59 Å². The van der Waals surface area contributed by atoms with Crippen LogP contribution >= 0.6 is 11.8 Å². The Balaban J connectivity index is 1.51. The number of amides is 2. The number of anilines is 2. The van der Waals surface area contributed by atoms with Gasteiger partial charge in [-0.3, -0.25) is 14.3 Å². The van der Waals surface area contributed by atoms with Gasteiger partial charge in [0, 0.05) is 37.1 Å². The quantitative estimate of drug-likeness (QED) is 0.890. The third-order valence-corrected chi connectivity index (χ3v) is 5.80. The number of methoxy groups -OCH3 is 1. The van der Waals surface area contributed by atoms with Crippen molar-refractivity contribution >= 4 is 35.1 Å². The molecule has 1 fully saturated rings.